The summed E-state index contributed by atoms with van der Waals surface area (Å²) in [6.07, 6.45) is 2.31. The third-order valence-corrected chi connectivity index (χ3v) is 3.95. The molecule has 0 bridgehead atoms. The Balaban J connectivity index is 2.26. The van der Waals surface area contributed by atoms with E-state index >= 15 is 0 Å². The lowest BCUT2D eigenvalue weighted by molar-refractivity contribution is -0.134. The van der Waals surface area contributed by atoms with Crippen LogP contribution in [0.4, 0.5) is 5.69 Å². The van der Waals surface area contributed by atoms with Gasteiger partial charge in [0.25, 0.3) is 0 Å². The molecule has 0 N–H and O–H groups in total. The highest BCUT2D eigenvalue weighted by Crippen LogP contribution is 2.35. The van der Waals surface area contributed by atoms with E-state index in [1.54, 1.807) is 16.8 Å². The van der Waals surface area contributed by atoms with E-state index in [1.165, 1.54) is 0 Å². The molecular weight excluding hydrogens is 252 g/mol. The van der Waals surface area contributed by atoms with E-state index in [9.17, 15) is 9.59 Å². The molecule has 1 aliphatic heterocycles. The van der Waals surface area contributed by atoms with Gasteiger partial charge in [-0.1, -0.05) is 31.5 Å². The van der Waals surface area contributed by atoms with Gasteiger partial charge in [-0.3, -0.25) is 9.59 Å². The summed E-state index contributed by atoms with van der Waals surface area (Å²) in [5.41, 5.74) is 1.81. The molecule has 108 valence electrons. The molecule has 1 heterocycles. The van der Waals surface area contributed by atoms with Gasteiger partial charge in [-0.05, 0) is 18.1 Å². The molecule has 0 aromatic heterocycles. The van der Waals surface area contributed by atoms with Crippen molar-refractivity contribution in [1.82, 2.24) is 4.90 Å². The summed E-state index contributed by atoms with van der Waals surface area (Å²) in [5, 5.41) is 0. The topological polar surface area (TPSA) is 40.6 Å². The van der Waals surface area contributed by atoms with Crippen molar-refractivity contribution in [3.8, 4) is 0 Å². The first-order chi connectivity index (χ1) is 9.56. The van der Waals surface area contributed by atoms with Gasteiger partial charge in [0.1, 0.15) is 0 Å². The Kier molecular flexibility index (Phi) is 4.42. The van der Waals surface area contributed by atoms with Crippen LogP contribution >= 0.6 is 0 Å². The minimum atomic E-state index is -0.336. The van der Waals surface area contributed by atoms with Crippen LogP contribution in [0, 0.1) is 0 Å². The lowest BCUT2D eigenvalue weighted by Gasteiger charge is -2.33. The first-order valence-electron chi connectivity index (χ1n) is 7.16. The van der Waals surface area contributed by atoms with Crippen LogP contribution in [-0.4, -0.2) is 37.4 Å². The van der Waals surface area contributed by atoms with Gasteiger partial charge in [0.15, 0.2) is 0 Å². The van der Waals surface area contributed by atoms with E-state index in [-0.39, 0.29) is 24.2 Å². The molecule has 0 aliphatic carbocycles. The maximum atomic E-state index is 12.6. The van der Waals surface area contributed by atoms with Crippen LogP contribution in [0.15, 0.2) is 24.3 Å². The summed E-state index contributed by atoms with van der Waals surface area (Å²) in [6.45, 7) is 2.85. The molecule has 2 rings (SSSR count). The average Bonchev–Trinajstić information content (AvgIpc) is 2.47. The molecule has 20 heavy (non-hydrogen) atoms. The molecule has 0 saturated carbocycles. The Morgan fingerprint density at radius 1 is 1.40 bits per heavy atom. The molecule has 0 radical (unpaired) electrons. The van der Waals surface area contributed by atoms with Crippen molar-refractivity contribution in [2.75, 3.05) is 25.5 Å². The zero-order valence-corrected chi connectivity index (χ0v) is 12.4. The molecule has 1 aliphatic rings. The zero-order chi connectivity index (χ0) is 14.7. The number of anilines is 1. The van der Waals surface area contributed by atoms with E-state index in [4.69, 9.17) is 0 Å². The van der Waals surface area contributed by atoms with Crippen molar-refractivity contribution in [2.24, 2.45) is 0 Å². The Morgan fingerprint density at radius 3 is 2.80 bits per heavy atom. The number of carbonyl (C=O) groups is 2. The largest absolute Gasteiger partial charge is 0.345 e. The van der Waals surface area contributed by atoms with Crippen LogP contribution in [-0.2, 0) is 9.59 Å². The van der Waals surface area contributed by atoms with Crippen LogP contribution in [0.25, 0.3) is 0 Å². The Labute approximate surface area is 120 Å². The highest BCUT2D eigenvalue weighted by molar-refractivity contribution is 6.02. The van der Waals surface area contributed by atoms with Gasteiger partial charge in [0.2, 0.25) is 11.8 Å². The number of fused-ring (bicyclic) bond motifs is 1. The second-order valence-corrected chi connectivity index (χ2v) is 5.38. The molecule has 1 aromatic rings. The number of nitrogens with zero attached hydrogens (tertiary/aromatic N) is 2. The van der Waals surface area contributed by atoms with Crippen LogP contribution in [0.1, 0.15) is 37.7 Å². The molecular formula is C16H22N2O2. The lowest BCUT2D eigenvalue weighted by Crippen LogP contribution is -2.40. The fourth-order valence-electron chi connectivity index (χ4n) is 2.64. The summed E-state index contributed by atoms with van der Waals surface area (Å²) < 4.78 is 0. The van der Waals surface area contributed by atoms with Crippen molar-refractivity contribution in [1.29, 1.82) is 0 Å². The smallest absolute Gasteiger partial charge is 0.230 e. The number of hydrogen-bond donors (Lipinski definition) is 0. The lowest BCUT2D eigenvalue weighted by atomic mass is 9.88. The number of para-hydroxylation sites is 1. The average molecular weight is 274 g/mol. The molecule has 4 heteroatoms. The quantitative estimate of drug-likeness (QED) is 0.846. The van der Waals surface area contributed by atoms with Crippen molar-refractivity contribution >= 4 is 17.5 Å². The minimum Gasteiger partial charge on any atom is -0.345 e. The first-order valence-corrected chi connectivity index (χ1v) is 7.16. The summed E-state index contributed by atoms with van der Waals surface area (Å²) in [5.74, 6) is -0.282. The Hall–Kier alpha value is -1.84. The van der Waals surface area contributed by atoms with Gasteiger partial charge in [-0.25, -0.2) is 0 Å². The predicted octanol–water partition coefficient (Wildman–Crippen LogP) is 2.40. The van der Waals surface area contributed by atoms with Gasteiger partial charge in [0.05, 0.1) is 5.92 Å². The second-order valence-electron chi connectivity index (χ2n) is 5.38. The number of carbonyl (C=O) groups excluding carboxylic acids is 2. The Bertz CT molecular complexity index is 513. The monoisotopic (exact) mass is 274 g/mol. The van der Waals surface area contributed by atoms with E-state index in [1.807, 2.05) is 31.3 Å². The fourth-order valence-corrected chi connectivity index (χ4v) is 2.64. The Morgan fingerprint density at radius 2 is 2.10 bits per heavy atom. The van der Waals surface area contributed by atoms with E-state index < -0.39 is 0 Å². The van der Waals surface area contributed by atoms with Gasteiger partial charge in [0, 0.05) is 32.7 Å². The van der Waals surface area contributed by atoms with Crippen molar-refractivity contribution in [3.05, 3.63) is 29.8 Å². The first kappa shape index (κ1) is 14.6. The molecule has 2 amide bonds. The molecule has 4 nitrogen and oxygen atoms in total. The molecule has 0 saturated heterocycles. The van der Waals surface area contributed by atoms with E-state index in [2.05, 4.69) is 6.92 Å². The van der Waals surface area contributed by atoms with Crippen LogP contribution < -0.4 is 4.90 Å². The van der Waals surface area contributed by atoms with Crippen molar-refractivity contribution < 1.29 is 9.59 Å². The number of rotatable bonds is 4. The third kappa shape index (κ3) is 2.69. The second kappa shape index (κ2) is 6.07. The highest BCUT2D eigenvalue weighted by Gasteiger charge is 2.34. The molecule has 1 aromatic carbocycles. The maximum absolute atomic E-state index is 12.6. The van der Waals surface area contributed by atoms with Gasteiger partial charge < -0.3 is 9.80 Å². The summed E-state index contributed by atoms with van der Waals surface area (Å²) in [7, 11) is 3.59. The molecule has 0 spiro atoms. The van der Waals surface area contributed by atoms with Crippen molar-refractivity contribution in [2.45, 2.75) is 32.1 Å². The number of benzene rings is 1. The summed E-state index contributed by atoms with van der Waals surface area (Å²) in [6, 6.07) is 7.68. The molecule has 0 fully saturated rings. The SMILES string of the molecule is CCCCN(C)C(=O)C1CC(=O)N(C)c2ccccc21. The summed E-state index contributed by atoms with van der Waals surface area (Å²) >= 11 is 0. The predicted molar refractivity (Wildman–Crippen MR) is 79.8 cm³/mol. The summed E-state index contributed by atoms with van der Waals surface area (Å²) in [4.78, 5) is 28.0. The maximum Gasteiger partial charge on any atom is 0.230 e. The molecule has 1 unspecified atom stereocenters. The number of hydrogen-bond acceptors (Lipinski definition) is 2. The standard InChI is InChI=1S/C16H22N2O2/c1-4-5-10-17(2)16(20)13-11-15(19)18(3)14-9-7-6-8-12(13)14/h6-9,13H,4-5,10-11H2,1-3H3. The number of unbranched alkanes of at least 4 members (excludes halogenated alkanes) is 1. The van der Waals surface area contributed by atoms with Gasteiger partial charge >= 0.3 is 0 Å². The number of amides is 2. The van der Waals surface area contributed by atoms with Crippen LogP contribution in [0.3, 0.4) is 0 Å². The van der Waals surface area contributed by atoms with E-state index in [0.29, 0.717) is 0 Å². The van der Waals surface area contributed by atoms with Crippen LogP contribution in [0.2, 0.25) is 0 Å². The molecule has 1 atom stereocenters. The normalized spacial score (nSPS) is 17.9. The van der Waals surface area contributed by atoms with Gasteiger partial charge in [-0.2, -0.15) is 0 Å². The van der Waals surface area contributed by atoms with E-state index in [0.717, 1.165) is 30.6 Å². The number of likely N-dealkylation sites (N-methyl/N-ethyl adjacent to an activating group) is 1. The third-order valence-electron chi connectivity index (χ3n) is 3.95. The van der Waals surface area contributed by atoms with Gasteiger partial charge in [-0.15, -0.1) is 0 Å². The van der Waals surface area contributed by atoms with Crippen molar-refractivity contribution in [3.63, 3.8) is 0 Å². The fraction of sp³-hybridized carbons (Fsp3) is 0.500. The van der Waals surface area contributed by atoms with Crippen LogP contribution in [0.5, 0.6) is 0 Å². The minimum absolute atomic E-state index is 0.00550. The zero-order valence-electron chi connectivity index (χ0n) is 12.4. The highest BCUT2D eigenvalue weighted by atomic mass is 16.2.